The standard InChI is InChI=1S/C18H25FN4OS/c1-4-14(24-16-9-7-6-8-15(16)19)11-22-18(20-5-2)23-12-17-21-10-13(3)25-17/h6-10,14H,4-5,11-12H2,1-3H3,(H2,20,22,23). The summed E-state index contributed by atoms with van der Waals surface area (Å²) in [4.78, 5) is 10.0. The van der Waals surface area contributed by atoms with Crippen LogP contribution in [0.4, 0.5) is 4.39 Å². The summed E-state index contributed by atoms with van der Waals surface area (Å²) < 4.78 is 19.5. The zero-order chi connectivity index (χ0) is 18.1. The van der Waals surface area contributed by atoms with E-state index in [-0.39, 0.29) is 17.7 Å². The number of rotatable bonds is 8. The minimum Gasteiger partial charge on any atom is -0.486 e. The van der Waals surface area contributed by atoms with E-state index in [0.717, 1.165) is 18.0 Å². The largest absolute Gasteiger partial charge is 0.486 e. The Balaban J connectivity index is 1.92. The molecule has 0 spiro atoms. The van der Waals surface area contributed by atoms with E-state index in [2.05, 4.69) is 20.6 Å². The van der Waals surface area contributed by atoms with Crippen molar-refractivity contribution in [1.29, 1.82) is 0 Å². The number of halogens is 1. The smallest absolute Gasteiger partial charge is 0.191 e. The fraction of sp³-hybridized carbons (Fsp3) is 0.444. The first-order valence-corrected chi connectivity index (χ1v) is 9.28. The maximum absolute atomic E-state index is 13.7. The van der Waals surface area contributed by atoms with Gasteiger partial charge >= 0.3 is 0 Å². The number of para-hydroxylation sites is 1. The van der Waals surface area contributed by atoms with E-state index in [1.54, 1.807) is 29.5 Å². The molecule has 2 aromatic rings. The van der Waals surface area contributed by atoms with Gasteiger partial charge in [-0.15, -0.1) is 11.3 Å². The van der Waals surface area contributed by atoms with Crippen LogP contribution in [-0.4, -0.2) is 30.1 Å². The maximum atomic E-state index is 13.7. The average molecular weight is 364 g/mol. The quantitative estimate of drug-likeness (QED) is 0.556. The number of aliphatic imine (C=N–C) groups is 1. The van der Waals surface area contributed by atoms with Crippen molar-refractivity contribution in [3.8, 4) is 5.75 Å². The second-order valence-electron chi connectivity index (χ2n) is 5.52. The van der Waals surface area contributed by atoms with Crippen molar-refractivity contribution in [3.05, 3.63) is 46.2 Å². The third-order valence-electron chi connectivity index (χ3n) is 3.47. The summed E-state index contributed by atoms with van der Waals surface area (Å²) in [7, 11) is 0. The summed E-state index contributed by atoms with van der Waals surface area (Å²) in [5.41, 5.74) is 0. The number of thiazole rings is 1. The Hall–Kier alpha value is -2.15. The average Bonchev–Trinajstić information content (AvgIpc) is 3.03. The van der Waals surface area contributed by atoms with Crippen molar-refractivity contribution in [1.82, 2.24) is 15.6 Å². The van der Waals surface area contributed by atoms with Crippen LogP contribution in [0.3, 0.4) is 0 Å². The number of ether oxygens (including phenoxy) is 1. The topological polar surface area (TPSA) is 58.5 Å². The lowest BCUT2D eigenvalue weighted by molar-refractivity contribution is 0.191. The van der Waals surface area contributed by atoms with Gasteiger partial charge in [0.1, 0.15) is 11.1 Å². The maximum Gasteiger partial charge on any atom is 0.191 e. The third kappa shape index (κ3) is 6.34. The minimum absolute atomic E-state index is 0.150. The molecule has 0 aliphatic rings. The van der Waals surface area contributed by atoms with Gasteiger partial charge in [0.05, 0.1) is 13.1 Å². The van der Waals surface area contributed by atoms with Gasteiger partial charge < -0.3 is 15.4 Å². The molecule has 1 atom stereocenters. The van der Waals surface area contributed by atoms with Crippen LogP contribution in [0.2, 0.25) is 0 Å². The molecule has 7 heteroatoms. The summed E-state index contributed by atoms with van der Waals surface area (Å²) in [6.45, 7) is 7.87. The Morgan fingerprint density at radius 2 is 2.12 bits per heavy atom. The van der Waals surface area contributed by atoms with E-state index >= 15 is 0 Å². The Bertz CT molecular complexity index is 689. The van der Waals surface area contributed by atoms with E-state index in [9.17, 15) is 4.39 Å². The summed E-state index contributed by atoms with van der Waals surface area (Å²) in [5, 5.41) is 7.43. The lowest BCUT2D eigenvalue weighted by Crippen LogP contribution is -2.42. The van der Waals surface area contributed by atoms with Crippen molar-refractivity contribution < 1.29 is 9.13 Å². The second-order valence-corrected chi connectivity index (χ2v) is 6.84. The molecule has 0 amide bonds. The van der Waals surface area contributed by atoms with Crippen molar-refractivity contribution in [2.45, 2.75) is 39.8 Å². The first-order chi connectivity index (χ1) is 12.1. The van der Waals surface area contributed by atoms with Crippen LogP contribution in [0.1, 0.15) is 30.2 Å². The molecule has 1 unspecified atom stereocenters. The first kappa shape index (κ1) is 19.2. The number of hydrogen-bond donors (Lipinski definition) is 2. The Labute approximate surface area is 152 Å². The highest BCUT2D eigenvalue weighted by Crippen LogP contribution is 2.17. The molecule has 1 aromatic heterocycles. The van der Waals surface area contributed by atoms with Gasteiger partial charge in [-0.2, -0.15) is 0 Å². The van der Waals surface area contributed by atoms with E-state index in [1.807, 2.05) is 27.0 Å². The number of benzene rings is 1. The molecular formula is C18H25FN4OS. The van der Waals surface area contributed by atoms with Gasteiger partial charge in [-0.3, -0.25) is 0 Å². The van der Waals surface area contributed by atoms with Gasteiger partial charge in [0.2, 0.25) is 0 Å². The molecule has 1 aromatic carbocycles. The Kier molecular flexibility index (Phi) is 7.66. The number of hydrogen-bond acceptors (Lipinski definition) is 4. The van der Waals surface area contributed by atoms with Crippen LogP contribution in [0.15, 0.2) is 35.5 Å². The molecule has 0 fully saturated rings. The molecule has 0 radical (unpaired) electrons. The molecule has 0 aliphatic heterocycles. The highest BCUT2D eigenvalue weighted by molar-refractivity contribution is 7.11. The van der Waals surface area contributed by atoms with Crippen LogP contribution in [0.25, 0.3) is 0 Å². The molecule has 0 saturated heterocycles. The first-order valence-electron chi connectivity index (χ1n) is 8.47. The molecule has 0 saturated carbocycles. The molecule has 5 nitrogen and oxygen atoms in total. The highest BCUT2D eigenvalue weighted by atomic mass is 32.1. The number of aryl methyl sites for hydroxylation is 1. The number of aromatic nitrogens is 1. The third-order valence-corrected chi connectivity index (χ3v) is 4.37. The zero-order valence-corrected chi connectivity index (χ0v) is 15.7. The molecule has 0 aliphatic carbocycles. The summed E-state index contributed by atoms with van der Waals surface area (Å²) in [6, 6.07) is 6.46. The lowest BCUT2D eigenvalue weighted by atomic mass is 10.2. The summed E-state index contributed by atoms with van der Waals surface area (Å²) in [6.07, 6.45) is 2.46. The number of nitrogens with zero attached hydrogens (tertiary/aromatic N) is 2. The molecule has 2 N–H and O–H groups in total. The molecule has 2 rings (SSSR count). The van der Waals surface area contributed by atoms with Gasteiger partial charge in [-0.1, -0.05) is 19.1 Å². The van der Waals surface area contributed by atoms with Gasteiger partial charge in [0, 0.05) is 17.6 Å². The second kappa shape index (κ2) is 9.98. The van der Waals surface area contributed by atoms with Crippen LogP contribution in [0.5, 0.6) is 5.75 Å². The highest BCUT2D eigenvalue weighted by Gasteiger charge is 2.12. The summed E-state index contributed by atoms with van der Waals surface area (Å²) in [5.74, 6) is 0.628. The molecule has 0 bridgehead atoms. The van der Waals surface area contributed by atoms with Gasteiger partial charge in [0.25, 0.3) is 0 Å². The van der Waals surface area contributed by atoms with Crippen LogP contribution >= 0.6 is 11.3 Å². The molecule has 136 valence electrons. The summed E-state index contributed by atoms with van der Waals surface area (Å²) >= 11 is 1.64. The normalized spacial score (nSPS) is 12.7. The van der Waals surface area contributed by atoms with Crippen molar-refractivity contribution in [2.24, 2.45) is 4.99 Å². The van der Waals surface area contributed by atoms with Gasteiger partial charge in [0.15, 0.2) is 17.5 Å². The zero-order valence-electron chi connectivity index (χ0n) is 14.9. The molecular weight excluding hydrogens is 339 g/mol. The fourth-order valence-electron chi connectivity index (χ4n) is 2.16. The Morgan fingerprint density at radius 3 is 2.76 bits per heavy atom. The van der Waals surface area contributed by atoms with Gasteiger partial charge in [-0.05, 0) is 32.4 Å². The predicted molar refractivity (Wildman–Crippen MR) is 101 cm³/mol. The monoisotopic (exact) mass is 364 g/mol. The predicted octanol–water partition coefficient (Wildman–Crippen LogP) is 3.50. The SMILES string of the molecule is CCNC(=NCc1ncc(C)s1)NCC(CC)Oc1ccccc1F. The van der Waals surface area contributed by atoms with Crippen molar-refractivity contribution >= 4 is 17.3 Å². The minimum atomic E-state index is -0.347. The van der Waals surface area contributed by atoms with Gasteiger partial charge in [-0.25, -0.2) is 14.4 Å². The van der Waals surface area contributed by atoms with E-state index < -0.39 is 0 Å². The van der Waals surface area contributed by atoms with Crippen molar-refractivity contribution in [3.63, 3.8) is 0 Å². The van der Waals surface area contributed by atoms with Crippen LogP contribution < -0.4 is 15.4 Å². The van der Waals surface area contributed by atoms with E-state index in [0.29, 0.717) is 19.0 Å². The fourth-order valence-corrected chi connectivity index (χ4v) is 2.87. The number of nitrogens with one attached hydrogen (secondary N) is 2. The van der Waals surface area contributed by atoms with Crippen LogP contribution in [-0.2, 0) is 6.54 Å². The molecule has 1 heterocycles. The van der Waals surface area contributed by atoms with E-state index in [4.69, 9.17) is 4.74 Å². The van der Waals surface area contributed by atoms with E-state index in [1.165, 1.54) is 10.9 Å². The lowest BCUT2D eigenvalue weighted by Gasteiger charge is -2.20. The molecule has 25 heavy (non-hydrogen) atoms. The number of guanidine groups is 1. The van der Waals surface area contributed by atoms with Crippen molar-refractivity contribution in [2.75, 3.05) is 13.1 Å². The Morgan fingerprint density at radius 1 is 1.32 bits per heavy atom. The van der Waals surface area contributed by atoms with Crippen LogP contribution in [0, 0.1) is 12.7 Å².